The summed E-state index contributed by atoms with van der Waals surface area (Å²) in [6.07, 6.45) is 0. The van der Waals surface area contributed by atoms with Crippen LogP contribution in [0.5, 0.6) is 0 Å². The molecule has 1 unspecified atom stereocenters. The molecule has 22 heavy (non-hydrogen) atoms. The number of benzene rings is 2. The van der Waals surface area contributed by atoms with Crippen LogP contribution in [0, 0.1) is 6.92 Å². The standard InChI is InChI=1S/C18H19N3O/c1-13-16-10-6-7-11-17(16)21(20-13)14(2)18(22)19-12-15-8-4-3-5-9-15/h3-11,14H,12H2,1-2H3,(H,19,22). The molecule has 0 aliphatic rings. The van der Waals surface area contributed by atoms with E-state index in [0.29, 0.717) is 6.54 Å². The number of para-hydroxylation sites is 1. The summed E-state index contributed by atoms with van der Waals surface area (Å²) in [6.45, 7) is 4.37. The maximum absolute atomic E-state index is 12.4. The first-order chi connectivity index (χ1) is 10.7. The second-order valence-corrected chi connectivity index (χ2v) is 5.43. The molecule has 3 aromatic rings. The van der Waals surface area contributed by atoms with Crippen molar-refractivity contribution in [1.82, 2.24) is 15.1 Å². The molecule has 1 heterocycles. The Bertz CT molecular complexity index is 792. The van der Waals surface area contributed by atoms with Crippen molar-refractivity contribution in [2.24, 2.45) is 0 Å². The van der Waals surface area contributed by atoms with E-state index in [0.717, 1.165) is 22.2 Å². The fourth-order valence-electron chi connectivity index (χ4n) is 2.59. The molecular formula is C18H19N3O. The summed E-state index contributed by atoms with van der Waals surface area (Å²) in [4.78, 5) is 12.4. The highest BCUT2D eigenvalue weighted by molar-refractivity contribution is 5.86. The van der Waals surface area contributed by atoms with E-state index in [9.17, 15) is 4.79 Å². The average molecular weight is 293 g/mol. The molecule has 0 fully saturated rings. The number of carbonyl (C=O) groups is 1. The zero-order chi connectivity index (χ0) is 15.5. The molecule has 0 spiro atoms. The SMILES string of the molecule is Cc1nn(C(C)C(=O)NCc2ccccc2)c2ccccc12. The molecule has 0 aliphatic heterocycles. The fraction of sp³-hybridized carbons (Fsp3) is 0.222. The number of amides is 1. The molecule has 4 nitrogen and oxygen atoms in total. The Kier molecular flexibility index (Phi) is 3.92. The van der Waals surface area contributed by atoms with Crippen LogP contribution in [-0.4, -0.2) is 15.7 Å². The summed E-state index contributed by atoms with van der Waals surface area (Å²) in [5.41, 5.74) is 3.02. The Labute approximate surface area is 129 Å². The van der Waals surface area contributed by atoms with Crippen molar-refractivity contribution in [2.45, 2.75) is 26.4 Å². The highest BCUT2D eigenvalue weighted by atomic mass is 16.2. The van der Waals surface area contributed by atoms with E-state index >= 15 is 0 Å². The zero-order valence-corrected chi connectivity index (χ0v) is 12.8. The second kappa shape index (κ2) is 6.02. The summed E-state index contributed by atoms with van der Waals surface area (Å²) in [6, 6.07) is 17.5. The summed E-state index contributed by atoms with van der Waals surface area (Å²) >= 11 is 0. The second-order valence-electron chi connectivity index (χ2n) is 5.43. The molecule has 0 saturated heterocycles. The van der Waals surface area contributed by atoms with Crippen LogP contribution in [0.4, 0.5) is 0 Å². The van der Waals surface area contributed by atoms with Crippen LogP contribution in [0.1, 0.15) is 24.2 Å². The van der Waals surface area contributed by atoms with Gasteiger partial charge >= 0.3 is 0 Å². The van der Waals surface area contributed by atoms with Gasteiger partial charge in [0.25, 0.3) is 0 Å². The molecule has 3 rings (SSSR count). The van der Waals surface area contributed by atoms with Gasteiger partial charge in [0, 0.05) is 11.9 Å². The molecule has 2 aromatic carbocycles. The maximum Gasteiger partial charge on any atom is 0.244 e. The molecule has 0 saturated carbocycles. The lowest BCUT2D eigenvalue weighted by Crippen LogP contribution is -2.31. The molecule has 0 bridgehead atoms. The third-order valence-corrected chi connectivity index (χ3v) is 3.85. The summed E-state index contributed by atoms with van der Waals surface area (Å²) in [5, 5.41) is 8.58. The Balaban J connectivity index is 1.77. The van der Waals surface area contributed by atoms with Gasteiger partial charge in [-0.25, -0.2) is 0 Å². The first-order valence-electron chi connectivity index (χ1n) is 7.42. The van der Waals surface area contributed by atoms with Gasteiger partial charge in [-0.3, -0.25) is 9.48 Å². The minimum atomic E-state index is -0.345. The van der Waals surface area contributed by atoms with Crippen molar-refractivity contribution in [1.29, 1.82) is 0 Å². The number of rotatable bonds is 4. The van der Waals surface area contributed by atoms with Gasteiger partial charge in [-0.1, -0.05) is 48.5 Å². The molecule has 1 atom stereocenters. The number of aromatic nitrogens is 2. The van der Waals surface area contributed by atoms with Gasteiger partial charge in [0.15, 0.2) is 0 Å². The molecule has 112 valence electrons. The van der Waals surface area contributed by atoms with E-state index in [1.54, 1.807) is 4.68 Å². The quantitative estimate of drug-likeness (QED) is 0.803. The Morgan fingerprint density at radius 1 is 1.14 bits per heavy atom. The van der Waals surface area contributed by atoms with Crippen LogP contribution in [0.15, 0.2) is 54.6 Å². The highest BCUT2D eigenvalue weighted by Gasteiger charge is 2.18. The van der Waals surface area contributed by atoms with Crippen molar-refractivity contribution in [2.75, 3.05) is 0 Å². The number of nitrogens with one attached hydrogen (secondary N) is 1. The number of nitrogens with zero attached hydrogens (tertiary/aromatic N) is 2. The van der Waals surface area contributed by atoms with E-state index in [2.05, 4.69) is 10.4 Å². The van der Waals surface area contributed by atoms with E-state index in [1.807, 2.05) is 68.4 Å². The van der Waals surface area contributed by atoms with Crippen molar-refractivity contribution in [3.05, 3.63) is 65.9 Å². The molecule has 1 amide bonds. The predicted molar refractivity (Wildman–Crippen MR) is 87.5 cm³/mol. The van der Waals surface area contributed by atoms with Crippen LogP contribution in [0.2, 0.25) is 0 Å². The fourth-order valence-corrected chi connectivity index (χ4v) is 2.59. The van der Waals surface area contributed by atoms with Gasteiger partial charge in [-0.15, -0.1) is 0 Å². The topological polar surface area (TPSA) is 46.9 Å². The molecule has 0 radical (unpaired) electrons. The third-order valence-electron chi connectivity index (χ3n) is 3.85. The van der Waals surface area contributed by atoms with Crippen molar-refractivity contribution < 1.29 is 4.79 Å². The van der Waals surface area contributed by atoms with Gasteiger partial charge in [-0.05, 0) is 25.5 Å². The zero-order valence-electron chi connectivity index (χ0n) is 12.8. The van der Waals surface area contributed by atoms with Crippen LogP contribution < -0.4 is 5.32 Å². The minimum Gasteiger partial charge on any atom is -0.350 e. The van der Waals surface area contributed by atoms with Crippen molar-refractivity contribution in [3.63, 3.8) is 0 Å². The number of aryl methyl sites for hydroxylation is 1. The van der Waals surface area contributed by atoms with Gasteiger partial charge in [0.05, 0.1) is 11.2 Å². The molecule has 4 heteroatoms. The lowest BCUT2D eigenvalue weighted by Gasteiger charge is -2.14. The number of hydrogen-bond acceptors (Lipinski definition) is 2. The third kappa shape index (κ3) is 2.72. The normalized spacial score (nSPS) is 12.3. The predicted octanol–water partition coefficient (Wildman–Crippen LogP) is 3.22. The molecule has 0 aliphatic carbocycles. The monoisotopic (exact) mass is 293 g/mol. The number of hydrogen-bond donors (Lipinski definition) is 1. The van der Waals surface area contributed by atoms with E-state index in [4.69, 9.17) is 0 Å². The first-order valence-corrected chi connectivity index (χ1v) is 7.42. The molecular weight excluding hydrogens is 274 g/mol. The molecule has 1 aromatic heterocycles. The lowest BCUT2D eigenvalue weighted by molar-refractivity contribution is -0.124. The van der Waals surface area contributed by atoms with Crippen LogP contribution in [0.25, 0.3) is 10.9 Å². The van der Waals surface area contributed by atoms with Gasteiger partial charge in [-0.2, -0.15) is 5.10 Å². The molecule has 1 N–H and O–H groups in total. The highest BCUT2D eigenvalue weighted by Crippen LogP contribution is 2.21. The largest absolute Gasteiger partial charge is 0.350 e. The number of carbonyl (C=O) groups excluding carboxylic acids is 1. The van der Waals surface area contributed by atoms with E-state index in [1.165, 1.54) is 0 Å². The Morgan fingerprint density at radius 3 is 2.59 bits per heavy atom. The van der Waals surface area contributed by atoms with Gasteiger partial charge < -0.3 is 5.32 Å². The lowest BCUT2D eigenvalue weighted by atomic mass is 10.2. The summed E-state index contributed by atoms with van der Waals surface area (Å²) < 4.78 is 1.80. The smallest absolute Gasteiger partial charge is 0.244 e. The maximum atomic E-state index is 12.4. The van der Waals surface area contributed by atoms with Gasteiger partial charge in [0.2, 0.25) is 5.91 Å². The minimum absolute atomic E-state index is 0.0305. The first kappa shape index (κ1) is 14.3. The van der Waals surface area contributed by atoms with Crippen LogP contribution >= 0.6 is 0 Å². The summed E-state index contributed by atoms with van der Waals surface area (Å²) in [5.74, 6) is -0.0305. The van der Waals surface area contributed by atoms with Crippen molar-refractivity contribution >= 4 is 16.8 Å². The van der Waals surface area contributed by atoms with Gasteiger partial charge in [0.1, 0.15) is 6.04 Å². The van der Waals surface area contributed by atoms with E-state index < -0.39 is 0 Å². The number of fused-ring (bicyclic) bond motifs is 1. The van der Waals surface area contributed by atoms with Crippen LogP contribution in [0.3, 0.4) is 0 Å². The summed E-state index contributed by atoms with van der Waals surface area (Å²) in [7, 11) is 0. The van der Waals surface area contributed by atoms with Crippen LogP contribution in [-0.2, 0) is 11.3 Å². The van der Waals surface area contributed by atoms with E-state index in [-0.39, 0.29) is 11.9 Å². The van der Waals surface area contributed by atoms with Crippen molar-refractivity contribution in [3.8, 4) is 0 Å². The average Bonchev–Trinajstić information content (AvgIpc) is 2.90. The Morgan fingerprint density at radius 2 is 1.82 bits per heavy atom. The Hall–Kier alpha value is -2.62.